The molecule has 0 spiro atoms. The van der Waals surface area contributed by atoms with Crippen LogP contribution in [0.5, 0.6) is 0 Å². The molecule has 0 aliphatic heterocycles. The van der Waals surface area contributed by atoms with Crippen LogP contribution in [0.4, 0.5) is 9.39 Å². The molecule has 1 aromatic heterocycles. The summed E-state index contributed by atoms with van der Waals surface area (Å²) in [6, 6.07) is 7.52. The molecule has 1 heterocycles. The molecule has 0 saturated heterocycles. The summed E-state index contributed by atoms with van der Waals surface area (Å²) in [5, 5.41) is 3.07. The Bertz CT molecular complexity index is 823. The van der Waals surface area contributed by atoms with Crippen molar-refractivity contribution >= 4 is 28.2 Å². The van der Waals surface area contributed by atoms with Gasteiger partial charge in [0, 0.05) is 4.88 Å². The monoisotopic (exact) mass is 391 g/mol. The fraction of sp³-hybridized carbons (Fsp3) is 0.429. The van der Waals surface area contributed by atoms with Crippen molar-refractivity contribution < 1.29 is 18.7 Å². The molecular formula is C21H26FNO3S. The van der Waals surface area contributed by atoms with Gasteiger partial charge < -0.3 is 10.1 Å². The van der Waals surface area contributed by atoms with Crippen LogP contribution in [-0.4, -0.2) is 18.5 Å². The maximum Gasteiger partial charge on any atom is 0.341 e. The first kappa shape index (κ1) is 21.1. The Kier molecular flexibility index (Phi) is 6.76. The molecule has 0 radical (unpaired) electrons. The normalized spacial score (nSPS) is 12.5. The SMILES string of the molecule is CCOC(=O)c1cc([C@H](C)CC(C)(C)C)sc1NC(=O)c1ccccc1F. The number of carbonyl (C=O) groups is 2. The molecule has 1 aromatic carbocycles. The van der Waals surface area contributed by atoms with E-state index in [1.54, 1.807) is 19.1 Å². The molecule has 1 N–H and O–H groups in total. The number of esters is 1. The molecule has 2 rings (SSSR count). The number of nitrogens with one attached hydrogen (secondary N) is 1. The van der Waals surface area contributed by atoms with Crippen LogP contribution in [0.2, 0.25) is 0 Å². The van der Waals surface area contributed by atoms with Crippen LogP contribution >= 0.6 is 11.3 Å². The van der Waals surface area contributed by atoms with Gasteiger partial charge in [-0.2, -0.15) is 0 Å². The van der Waals surface area contributed by atoms with Crippen LogP contribution in [0.15, 0.2) is 30.3 Å². The second-order valence-corrected chi connectivity index (χ2v) is 8.80. The molecule has 146 valence electrons. The summed E-state index contributed by atoms with van der Waals surface area (Å²) in [6.45, 7) is 10.5. The predicted octanol–water partition coefficient (Wildman–Crippen LogP) is 5.86. The van der Waals surface area contributed by atoms with Gasteiger partial charge in [-0.25, -0.2) is 9.18 Å². The molecule has 0 aliphatic rings. The van der Waals surface area contributed by atoms with E-state index in [9.17, 15) is 14.0 Å². The van der Waals surface area contributed by atoms with Gasteiger partial charge in [-0.1, -0.05) is 39.8 Å². The topological polar surface area (TPSA) is 55.4 Å². The van der Waals surface area contributed by atoms with Gasteiger partial charge in [0.15, 0.2) is 0 Å². The van der Waals surface area contributed by atoms with Crippen LogP contribution in [0.25, 0.3) is 0 Å². The lowest BCUT2D eigenvalue weighted by Crippen LogP contribution is -2.15. The molecule has 1 amide bonds. The Morgan fingerprint density at radius 2 is 1.89 bits per heavy atom. The van der Waals surface area contributed by atoms with Crippen molar-refractivity contribution in [3.05, 3.63) is 52.2 Å². The summed E-state index contributed by atoms with van der Waals surface area (Å²) in [5.41, 5.74) is 0.372. The van der Waals surface area contributed by atoms with Crippen LogP contribution in [-0.2, 0) is 4.74 Å². The van der Waals surface area contributed by atoms with Gasteiger partial charge in [0.05, 0.1) is 17.7 Å². The van der Waals surface area contributed by atoms with E-state index in [-0.39, 0.29) is 23.5 Å². The van der Waals surface area contributed by atoms with Crippen molar-refractivity contribution in [2.75, 3.05) is 11.9 Å². The number of anilines is 1. The minimum atomic E-state index is -0.606. The molecule has 0 saturated carbocycles. The minimum absolute atomic E-state index is 0.0648. The van der Waals surface area contributed by atoms with Gasteiger partial charge in [0.1, 0.15) is 10.8 Å². The van der Waals surface area contributed by atoms with Crippen LogP contribution in [0.3, 0.4) is 0 Å². The van der Waals surface area contributed by atoms with Gasteiger partial charge in [-0.3, -0.25) is 4.79 Å². The molecule has 0 aliphatic carbocycles. The number of benzene rings is 1. The van der Waals surface area contributed by atoms with E-state index in [0.717, 1.165) is 11.3 Å². The first-order valence-electron chi connectivity index (χ1n) is 8.99. The highest BCUT2D eigenvalue weighted by Gasteiger charge is 2.24. The first-order valence-corrected chi connectivity index (χ1v) is 9.80. The standard InChI is InChI=1S/C21H26FNO3S/c1-6-26-20(25)15-11-17(13(2)12-21(3,4)5)27-19(15)23-18(24)14-9-7-8-10-16(14)22/h7-11,13H,6,12H2,1-5H3,(H,23,24)/t13-/m1/s1. The van der Waals surface area contributed by atoms with Crippen molar-refractivity contribution in [3.8, 4) is 0 Å². The van der Waals surface area contributed by atoms with E-state index in [2.05, 4.69) is 33.0 Å². The molecule has 4 nitrogen and oxygen atoms in total. The van der Waals surface area contributed by atoms with E-state index in [1.807, 2.05) is 0 Å². The summed E-state index contributed by atoms with van der Waals surface area (Å²) >= 11 is 1.34. The highest BCUT2D eigenvalue weighted by atomic mass is 32.1. The average Bonchev–Trinajstić information content (AvgIpc) is 2.98. The van der Waals surface area contributed by atoms with Crippen molar-refractivity contribution in [3.63, 3.8) is 0 Å². The van der Waals surface area contributed by atoms with Crippen molar-refractivity contribution in [1.82, 2.24) is 0 Å². The third-order valence-corrected chi connectivity index (χ3v) is 5.28. The smallest absolute Gasteiger partial charge is 0.341 e. The third-order valence-electron chi connectivity index (χ3n) is 4.00. The van der Waals surface area contributed by atoms with Gasteiger partial charge in [0.25, 0.3) is 5.91 Å². The van der Waals surface area contributed by atoms with Crippen LogP contribution in [0, 0.1) is 11.2 Å². The fourth-order valence-electron chi connectivity index (χ4n) is 2.94. The molecule has 6 heteroatoms. The molecule has 27 heavy (non-hydrogen) atoms. The highest BCUT2D eigenvalue weighted by Crippen LogP contribution is 2.38. The molecule has 2 aromatic rings. The van der Waals surface area contributed by atoms with Gasteiger partial charge in [0.2, 0.25) is 0 Å². The van der Waals surface area contributed by atoms with Crippen LogP contribution < -0.4 is 5.32 Å². The average molecular weight is 392 g/mol. The second-order valence-electron chi connectivity index (χ2n) is 7.71. The Labute approximate surface area is 163 Å². The Morgan fingerprint density at radius 3 is 2.48 bits per heavy atom. The van der Waals surface area contributed by atoms with Crippen molar-refractivity contribution in [2.45, 2.75) is 47.0 Å². The lowest BCUT2D eigenvalue weighted by atomic mass is 9.85. The minimum Gasteiger partial charge on any atom is -0.462 e. The summed E-state index contributed by atoms with van der Waals surface area (Å²) in [6.07, 6.45) is 0.927. The maximum atomic E-state index is 13.9. The lowest BCUT2D eigenvalue weighted by Gasteiger charge is -2.22. The number of thiophene rings is 1. The van der Waals surface area contributed by atoms with E-state index in [4.69, 9.17) is 4.74 Å². The van der Waals surface area contributed by atoms with E-state index in [0.29, 0.717) is 10.6 Å². The highest BCUT2D eigenvalue weighted by molar-refractivity contribution is 7.16. The van der Waals surface area contributed by atoms with E-state index >= 15 is 0 Å². The molecule has 1 atom stereocenters. The molecule has 0 unspecified atom stereocenters. The molecule has 0 bridgehead atoms. The quantitative estimate of drug-likeness (QED) is 0.628. The van der Waals surface area contributed by atoms with Crippen molar-refractivity contribution in [1.29, 1.82) is 0 Å². The predicted molar refractivity (Wildman–Crippen MR) is 107 cm³/mol. The third kappa shape index (κ3) is 5.63. The zero-order valence-electron chi connectivity index (χ0n) is 16.4. The Hall–Kier alpha value is -2.21. The summed E-state index contributed by atoms with van der Waals surface area (Å²) < 4.78 is 19.0. The number of hydrogen-bond acceptors (Lipinski definition) is 4. The zero-order valence-corrected chi connectivity index (χ0v) is 17.2. The number of hydrogen-bond donors (Lipinski definition) is 1. The van der Waals surface area contributed by atoms with Crippen LogP contribution in [0.1, 0.15) is 72.6 Å². The van der Waals surface area contributed by atoms with Crippen molar-refractivity contribution in [2.24, 2.45) is 5.41 Å². The Balaban J connectivity index is 2.34. The number of halogens is 1. The number of carbonyl (C=O) groups excluding carboxylic acids is 2. The first-order chi connectivity index (χ1) is 12.6. The van der Waals surface area contributed by atoms with Gasteiger partial charge >= 0.3 is 5.97 Å². The summed E-state index contributed by atoms with van der Waals surface area (Å²) in [4.78, 5) is 25.8. The number of rotatable bonds is 6. The molecule has 0 fully saturated rings. The zero-order chi connectivity index (χ0) is 20.2. The summed E-state index contributed by atoms with van der Waals surface area (Å²) in [5.74, 6) is -1.48. The Morgan fingerprint density at radius 1 is 1.22 bits per heavy atom. The van der Waals surface area contributed by atoms with E-state index < -0.39 is 17.7 Å². The number of ether oxygens (including phenoxy) is 1. The second kappa shape index (κ2) is 8.65. The van der Waals surface area contributed by atoms with Gasteiger partial charge in [-0.05, 0) is 42.9 Å². The maximum absolute atomic E-state index is 13.9. The van der Waals surface area contributed by atoms with Gasteiger partial charge in [-0.15, -0.1) is 11.3 Å². The fourth-order valence-corrected chi connectivity index (χ4v) is 4.03. The van der Waals surface area contributed by atoms with E-state index in [1.165, 1.54) is 29.5 Å². The lowest BCUT2D eigenvalue weighted by molar-refractivity contribution is 0.0528. The summed E-state index contributed by atoms with van der Waals surface area (Å²) in [7, 11) is 0. The molecular weight excluding hydrogens is 365 g/mol. The number of amides is 1. The largest absolute Gasteiger partial charge is 0.462 e.